The van der Waals surface area contributed by atoms with Gasteiger partial charge in [-0.1, -0.05) is 18.2 Å². The lowest BCUT2D eigenvalue weighted by Crippen LogP contribution is -2.41. The number of fused-ring (bicyclic) bond motifs is 1. The molecule has 0 radical (unpaired) electrons. The Bertz CT molecular complexity index is 604. The highest BCUT2D eigenvalue weighted by molar-refractivity contribution is 5.86. The van der Waals surface area contributed by atoms with Gasteiger partial charge in [-0.05, 0) is 11.6 Å². The topological polar surface area (TPSA) is 71.2 Å². The summed E-state index contributed by atoms with van der Waals surface area (Å²) in [6.07, 6.45) is 2.25. The number of nitrogens with one attached hydrogen (secondary N) is 2. The number of rotatable bonds is 4. The Morgan fingerprint density at radius 1 is 1.37 bits per heavy atom. The number of benzene rings is 1. The van der Waals surface area contributed by atoms with Crippen molar-refractivity contribution in [1.82, 2.24) is 10.3 Å². The highest BCUT2D eigenvalue weighted by Gasteiger charge is 2.21. The molecule has 0 bridgehead atoms. The van der Waals surface area contributed by atoms with Crippen LogP contribution >= 0.6 is 0 Å². The summed E-state index contributed by atoms with van der Waals surface area (Å²) >= 11 is 0. The van der Waals surface area contributed by atoms with Crippen molar-refractivity contribution in [3.8, 4) is 0 Å². The number of para-hydroxylation sites is 1. The second kappa shape index (κ2) is 5.56. The number of aromatic amines is 1. The fraction of sp³-hybridized carbons (Fsp3) is 0.286. The van der Waals surface area contributed by atoms with E-state index >= 15 is 0 Å². The van der Waals surface area contributed by atoms with Crippen LogP contribution in [0.15, 0.2) is 30.5 Å². The van der Waals surface area contributed by atoms with Gasteiger partial charge in [-0.25, -0.2) is 4.79 Å². The van der Waals surface area contributed by atoms with Gasteiger partial charge < -0.3 is 15.0 Å². The molecule has 0 saturated heterocycles. The number of aromatic nitrogens is 1. The Balaban J connectivity index is 2.25. The van der Waals surface area contributed by atoms with E-state index in [1.165, 1.54) is 14.0 Å². The predicted octanol–water partition coefficient (Wildman–Crippen LogP) is 1.39. The monoisotopic (exact) mass is 260 g/mol. The first-order valence-corrected chi connectivity index (χ1v) is 6.01. The maximum absolute atomic E-state index is 11.7. The molecule has 0 saturated carbocycles. The first-order chi connectivity index (χ1) is 9.11. The third kappa shape index (κ3) is 2.93. The van der Waals surface area contributed by atoms with E-state index in [1.807, 2.05) is 30.5 Å². The molecule has 1 amide bonds. The number of carbonyl (C=O) groups excluding carboxylic acids is 2. The fourth-order valence-electron chi connectivity index (χ4n) is 2.10. The Hall–Kier alpha value is -2.30. The summed E-state index contributed by atoms with van der Waals surface area (Å²) in [6, 6.07) is 7.15. The number of hydrogen-bond donors (Lipinski definition) is 2. The number of esters is 1. The van der Waals surface area contributed by atoms with Crippen LogP contribution in [0.1, 0.15) is 12.5 Å². The van der Waals surface area contributed by atoms with E-state index in [0.717, 1.165) is 16.5 Å². The summed E-state index contributed by atoms with van der Waals surface area (Å²) < 4.78 is 4.71. The minimum Gasteiger partial charge on any atom is -0.467 e. The molecule has 19 heavy (non-hydrogen) atoms. The Morgan fingerprint density at radius 3 is 2.79 bits per heavy atom. The number of H-pyrrole nitrogens is 1. The van der Waals surface area contributed by atoms with Crippen molar-refractivity contribution in [2.75, 3.05) is 7.11 Å². The first kappa shape index (κ1) is 13.1. The lowest BCUT2D eigenvalue weighted by molar-refractivity contribution is -0.144. The van der Waals surface area contributed by atoms with E-state index in [9.17, 15) is 9.59 Å². The van der Waals surface area contributed by atoms with Crippen molar-refractivity contribution >= 4 is 22.8 Å². The number of amides is 1. The summed E-state index contributed by atoms with van der Waals surface area (Å²) in [6.45, 7) is 1.38. The average molecular weight is 260 g/mol. The zero-order valence-electron chi connectivity index (χ0n) is 10.9. The summed E-state index contributed by atoms with van der Waals surface area (Å²) in [5.74, 6) is -0.698. The second-order valence-corrected chi connectivity index (χ2v) is 4.34. The Labute approximate surface area is 110 Å². The van der Waals surface area contributed by atoms with Crippen LogP contribution < -0.4 is 5.32 Å². The molecular formula is C14H16N2O3. The molecule has 1 aromatic carbocycles. The number of ether oxygens (including phenoxy) is 1. The molecule has 5 nitrogen and oxygen atoms in total. The largest absolute Gasteiger partial charge is 0.467 e. The van der Waals surface area contributed by atoms with Crippen molar-refractivity contribution in [2.45, 2.75) is 19.4 Å². The lowest BCUT2D eigenvalue weighted by atomic mass is 10.1. The van der Waals surface area contributed by atoms with Gasteiger partial charge in [0.2, 0.25) is 5.91 Å². The van der Waals surface area contributed by atoms with E-state index in [1.54, 1.807) is 0 Å². The van der Waals surface area contributed by atoms with Crippen LogP contribution in [-0.4, -0.2) is 30.0 Å². The molecule has 0 spiro atoms. The third-order valence-corrected chi connectivity index (χ3v) is 2.96. The van der Waals surface area contributed by atoms with E-state index in [-0.39, 0.29) is 5.91 Å². The summed E-state index contributed by atoms with van der Waals surface area (Å²) in [5, 5.41) is 3.65. The van der Waals surface area contributed by atoms with Crippen LogP contribution in [0.25, 0.3) is 10.9 Å². The maximum atomic E-state index is 11.7. The number of methoxy groups -OCH3 is 1. The number of carbonyl (C=O) groups is 2. The lowest BCUT2D eigenvalue weighted by Gasteiger charge is -2.14. The maximum Gasteiger partial charge on any atom is 0.328 e. The molecule has 0 aliphatic heterocycles. The van der Waals surface area contributed by atoms with Crippen LogP contribution in [0.3, 0.4) is 0 Å². The van der Waals surface area contributed by atoms with Gasteiger partial charge in [-0.3, -0.25) is 4.79 Å². The molecule has 0 aliphatic rings. The summed E-state index contributed by atoms with van der Waals surface area (Å²) in [7, 11) is 1.31. The van der Waals surface area contributed by atoms with Gasteiger partial charge in [0.1, 0.15) is 6.04 Å². The molecule has 0 fully saturated rings. The van der Waals surface area contributed by atoms with E-state index in [2.05, 4.69) is 10.3 Å². The zero-order valence-corrected chi connectivity index (χ0v) is 10.9. The van der Waals surface area contributed by atoms with E-state index < -0.39 is 12.0 Å². The Morgan fingerprint density at radius 2 is 2.11 bits per heavy atom. The van der Waals surface area contributed by atoms with Gasteiger partial charge in [0, 0.05) is 30.4 Å². The standard InChI is InChI=1S/C14H16N2O3/c1-9(17)16-13(14(18)19-2)7-10-8-15-12-6-4-3-5-11(10)12/h3-6,8,13,15H,7H2,1-2H3,(H,16,17)/t13-/m0/s1. The van der Waals surface area contributed by atoms with Crippen LogP contribution in [0, 0.1) is 0 Å². The molecule has 1 heterocycles. The molecule has 2 aromatic rings. The van der Waals surface area contributed by atoms with Crippen LogP contribution in [-0.2, 0) is 20.7 Å². The van der Waals surface area contributed by atoms with Gasteiger partial charge in [-0.2, -0.15) is 0 Å². The molecule has 2 N–H and O–H groups in total. The van der Waals surface area contributed by atoms with Crippen molar-refractivity contribution < 1.29 is 14.3 Å². The van der Waals surface area contributed by atoms with Crippen molar-refractivity contribution in [3.05, 3.63) is 36.0 Å². The number of hydrogen-bond acceptors (Lipinski definition) is 3. The van der Waals surface area contributed by atoms with Gasteiger partial charge in [0.05, 0.1) is 7.11 Å². The van der Waals surface area contributed by atoms with Gasteiger partial charge >= 0.3 is 5.97 Å². The SMILES string of the molecule is COC(=O)[C@H](Cc1c[nH]c2ccccc12)NC(C)=O. The molecular weight excluding hydrogens is 244 g/mol. The quantitative estimate of drug-likeness (QED) is 0.816. The normalized spacial score (nSPS) is 12.1. The van der Waals surface area contributed by atoms with Crippen LogP contribution in [0.5, 0.6) is 0 Å². The van der Waals surface area contributed by atoms with Crippen molar-refractivity contribution in [2.24, 2.45) is 0 Å². The molecule has 0 unspecified atom stereocenters. The van der Waals surface area contributed by atoms with Crippen molar-refractivity contribution in [3.63, 3.8) is 0 Å². The summed E-state index contributed by atoms with van der Waals surface area (Å²) in [4.78, 5) is 25.9. The zero-order chi connectivity index (χ0) is 13.8. The summed E-state index contributed by atoms with van der Waals surface area (Å²) in [5.41, 5.74) is 1.98. The molecule has 2 rings (SSSR count). The Kier molecular flexibility index (Phi) is 3.85. The molecule has 1 aromatic heterocycles. The van der Waals surface area contributed by atoms with Crippen LogP contribution in [0.4, 0.5) is 0 Å². The second-order valence-electron chi connectivity index (χ2n) is 4.34. The average Bonchev–Trinajstić information content (AvgIpc) is 2.80. The highest BCUT2D eigenvalue weighted by Crippen LogP contribution is 2.19. The minimum atomic E-state index is -0.665. The molecule has 100 valence electrons. The minimum absolute atomic E-state index is 0.254. The smallest absolute Gasteiger partial charge is 0.328 e. The van der Waals surface area contributed by atoms with Gasteiger partial charge in [0.15, 0.2) is 0 Å². The molecule has 0 aliphatic carbocycles. The highest BCUT2D eigenvalue weighted by atomic mass is 16.5. The van der Waals surface area contributed by atoms with Crippen molar-refractivity contribution in [1.29, 1.82) is 0 Å². The van der Waals surface area contributed by atoms with Gasteiger partial charge in [0.25, 0.3) is 0 Å². The predicted molar refractivity (Wildman–Crippen MR) is 71.6 cm³/mol. The van der Waals surface area contributed by atoms with E-state index in [4.69, 9.17) is 4.74 Å². The molecule has 1 atom stereocenters. The third-order valence-electron chi connectivity index (χ3n) is 2.96. The molecule has 5 heteroatoms. The van der Waals surface area contributed by atoms with E-state index in [0.29, 0.717) is 6.42 Å². The van der Waals surface area contributed by atoms with Gasteiger partial charge in [-0.15, -0.1) is 0 Å². The van der Waals surface area contributed by atoms with Crippen LogP contribution in [0.2, 0.25) is 0 Å². The fourth-order valence-corrected chi connectivity index (χ4v) is 2.10. The first-order valence-electron chi connectivity index (χ1n) is 6.01.